The van der Waals surface area contributed by atoms with Gasteiger partial charge < -0.3 is 10.2 Å². The lowest BCUT2D eigenvalue weighted by Crippen LogP contribution is -2.45. The minimum absolute atomic E-state index is 0.774. The summed E-state index contributed by atoms with van der Waals surface area (Å²) in [5.74, 6) is 1.10. The minimum atomic E-state index is 0.774. The lowest BCUT2D eigenvalue weighted by molar-refractivity contribution is 0.217. The molecule has 1 saturated heterocycles. The van der Waals surface area contributed by atoms with Crippen molar-refractivity contribution in [3.05, 3.63) is 0 Å². The summed E-state index contributed by atoms with van der Waals surface area (Å²) in [7, 11) is 2.25. The zero-order valence-electron chi connectivity index (χ0n) is 9.97. The van der Waals surface area contributed by atoms with Crippen molar-refractivity contribution in [1.82, 2.24) is 10.2 Å². The van der Waals surface area contributed by atoms with Crippen molar-refractivity contribution in [2.24, 2.45) is 11.3 Å². The molecule has 3 rings (SSSR count). The highest BCUT2D eigenvalue weighted by molar-refractivity contribution is 5.05. The molecule has 0 aromatic carbocycles. The Morgan fingerprint density at radius 1 is 1.27 bits per heavy atom. The SMILES string of the molecule is CN1CCCC(NCC2(C3CC3)CC2)C1. The van der Waals surface area contributed by atoms with Crippen LogP contribution in [0.5, 0.6) is 0 Å². The van der Waals surface area contributed by atoms with Crippen molar-refractivity contribution in [3.8, 4) is 0 Å². The summed E-state index contributed by atoms with van der Waals surface area (Å²) < 4.78 is 0. The maximum atomic E-state index is 3.83. The van der Waals surface area contributed by atoms with Gasteiger partial charge in [0.15, 0.2) is 0 Å². The van der Waals surface area contributed by atoms with Gasteiger partial charge in [0.1, 0.15) is 0 Å². The fourth-order valence-electron chi connectivity index (χ4n) is 3.27. The third-order valence-electron chi connectivity index (χ3n) is 4.70. The molecular formula is C13H24N2. The van der Waals surface area contributed by atoms with E-state index in [1.807, 2.05) is 0 Å². The molecule has 2 heteroatoms. The highest BCUT2D eigenvalue weighted by Gasteiger charge is 2.53. The van der Waals surface area contributed by atoms with Gasteiger partial charge in [0.2, 0.25) is 0 Å². The molecule has 1 heterocycles. The van der Waals surface area contributed by atoms with Gasteiger partial charge in [-0.05, 0) is 63.5 Å². The minimum Gasteiger partial charge on any atom is -0.312 e. The second kappa shape index (κ2) is 3.74. The van der Waals surface area contributed by atoms with Crippen LogP contribution in [0.15, 0.2) is 0 Å². The number of likely N-dealkylation sites (N-methyl/N-ethyl adjacent to an activating group) is 1. The average Bonchev–Trinajstić information content (AvgIpc) is 3.08. The molecule has 0 amide bonds. The van der Waals surface area contributed by atoms with Crippen LogP contribution in [0.4, 0.5) is 0 Å². The Kier molecular flexibility index (Phi) is 2.52. The van der Waals surface area contributed by atoms with Crippen molar-refractivity contribution in [3.63, 3.8) is 0 Å². The largest absolute Gasteiger partial charge is 0.312 e. The molecular weight excluding hydrogens is 184 g/mol. The molecule has 0 aromatic heterocycles. The van der Waals surface area contributed by atoms with E-state index in [0.29, 0.717) is 0 Å². The number of hydrogen-bond acceptors (Lipinski definition) is 2. The first-order chi connectivity index (χ1) is 7.28. The number of nitrogens with one attached hydrogen (secondary N) is 1. The maximum Gasteiger partial charge on any atom is 0.0195 e. The molecule has 2 saturated carbocycles. The Balaban J connectivity index is 1.45. The smallest absolute Gasteiger partial charge is 0.0195 e. The predicted molar refractivity (Wildman–Crippen MR) is 62.9 cm³/mol. The highest BCUT2D eigenvalue weighted by atomic mass is 15.1. The maximum absolute atomic E-state index is 3.83. The van der Waals surface area contributed by atoms with Crippen LogP contribution in [0.1, 0.15) is 38.5 Å². The second-order valence-corrected chi connectivity index (χ2v) is 6.12. The first-order valence-electron chi connectivity index (χ1n) is 6.70. The summed E-state index contributed by atoms with van der Waals surface area (Å²) >= 11 is 0. The molecule has 2 nitrogen and oxygen atoms in total. The van der Waals surface area contributed by atoms with Crippen LogP contribution in [0.3, 0.4) is 0 Å². The fourth-order valence-corrected chi connectivity index (χ4v) is 3.27. The van der Waals surface area contributed by atoms with E-state index < -0.39 is 0 Å². The zero-order valence-corrected chi connectivity index (χ0v) is 9.97. The van der Waals surface area contributed by atoms with Gasteiger partial charge in [-0.15, -0.1) is 0 Å². The lowest BCUT2D eigenvalue weighted by Gasteiger charge is -2.31. The standard InChI is InChI=1S/C13H24N2/c1-15-8-2-3-12(9-15)14-10-13(6-7-13)11-4-5-11/h11-12,14H,2-10H2,1H3. The summed E-state index contributed by atoms with van der Waals surface area (Å²) in [4.78, 5) is 2.47. The van der Waals surface area contributed by atoms with Gasteiger partial charge in [0.25, 0.3) is 0 Å². The van der Waals surface area contributed by atoms with Gasteiger partial charge in [-0.2, -0.15) is 0 Å². The second-order valence-electron chi connectivity index (χ2n) is 6.12. The first-order valence-corrected chi connectivity index (χ1v) is 6.70. The summed E-state index contributed by atoms with van der Waals surface area (Å²) in [5, 5.41) is 3.83. The third kappa shape index (κ3) is 2.21. The molecule has 0 bridgehead atoms. The van der Waals surface area contributed by atoms with Crippen LogP contribution < -0.4 is 5.32 Å². The molecule has 1 atom stereocenters. The quantitative estimate of drug-likeness (QED) is 0.758. The normalized spacial score (nSPS) is 35.4. The van der Waals surface area contributed by atoms with Crippen LogP contribution in [0.25, 0.3) is 0 Å². The molecule has 1 N–H and O–H groups in total. The molecule has 15 heavy (non-hydrogen) atoms. The van der Waals surface area contributed by atoms with E-state index in [1.165, 1.54) is 58.2 Å². The summed E-state index contributed by atoms with van der Waals surface area (Å²) in [5.41, 5.74) is 0.774. The van der Waals surface area contributed by atoms with Gasteiger partial charge in [-0.25, -0.2) is 0 Å². The Morgan fingerprint density at radius 2 is 2.07 bits per heavy atom. The molecule has 86 valence electrons. The Morgan fingerprint density at radius 3 is 2.67 bits per heavy atom. The Bertz CT molecular complexity index is 231. The van der Waals surface area contributed by atoms with Crippen molar-refractivity contribution < 1.29 is 0 Å². The number of hydrogen-bond donors (Lipinski definition) is 1. The summed E-state index contributed by atoms with van der Waals surface area (Å²) in [6, 6.07) is 0.778. The Hall–Kier alpha value is -0.0800. The van der Waals surface area contributed by atoms with Crippen LogP contribution in [0, 0.1) is 11.3 Å². The Labute approximate surface area is 93.4 Å². The van der Waals surface area contributed by atoms with Crippen LogP contribution in [0.2, 0.25) is 0 Å². The van der Waals surface area contributed by atoms with Crippen molar-refractivity contribution in [1.29, 1.82) is 0 Å². The van der Waals surface area contributed by atoms with E-state index in [2.05, 4.69) is 17.3 Å². The van der Waals surface area contributed by atoms with Crippen LogP contribution >= 0.6 is 0 Å². The topological polar surface area (TPSA) is 15.3 Å². The van der Waals surface area contributed by atoms with E-state index in [9.17, 15) is 0 Å². The van der Waals surface area contributed by atoms with Gasteiger partial charge in [0.05, 0.1) is 0 Å². The average molecular weight is 208 g/mol. The number of piperidine rings is 1. The van der Waals surface area contributed by atoms with E-state index in [-0.39, 0.29) is 0 Å². The van der Waals surface area contributed by atoms with Gasteiger partial charge in [-0.1, -0.05) is 0 Å². The lowest BCUT2D eigenvalue weighted by atomic mass is 9.99. The van der Waals surface area contributed by atoms with E-state index in [4.69, 9.17) is 0 Å². The summed E-state index contributed by atoms with van der Waals surface area (Å²) in [6.45, 7) is 3.88. The summed E-state index contributed by atoms with van der Waals surface area (Å²) in [6.07, 6.45) is 8.83. The number of rotatable bonds is 4. The molecule has 0 radical (unpaired) electrons. The predicted octanol–water partition coefficient (Wildman–Crippen LogP) is 1.86. The molecule has 1 unspecified atom stereocenters. The number of likely N-dealkylation sites (tertiary alicyclic amines) is 1. The molecule has 0 aromatic rings. The van der Waals surface area contributed by atoms with Crippen LogP contribution in [-0.2, 0) is 0 Å². The van der Waals surface area contributed by atoms with Crippen molar-refractivity contribution in [2.45, 2.75) is 44.6 Å². The molecule has 2 aliphatic carbocycles. The number of nitrogens with zero attached hydrogens (tertiary/aromatic N) is 1. The highest BCUT2D eigenvalue weighted by Crippen LogP contribution is 2.60. The molecule has 0 spiro atoms. The van der Waals surface area contributed by atoms with E-state index in [1.54, 1.807) is 0 Å². The van der Waals surface area contributed by atoms with Gasteiger partial charge in [0, 0.05) is 19.1 Å². The fraction of sp³-hybridized carbons (Fsp3) is 1.00. The van der Waals surface area contributed by atoms with Crippen molar-refractivity contribution in [2.75, 3.05) is 26.7 Å². The molecule has 1 aliphatic heterocycles. The monoisotopic (exact) mass is 208 g/mol. The van der Waals surface area contributed by atoms with Gasteiger partial charge in [-0.3, -0.25) is 0 Å². The van der Waals surface area contributed by atoms with Gasteiger partial charge >= 0.3 is 0 Å². The molecule has 3 fully saturated rings. The zero-order chi connectivity index (χ0) is 10.3. The van der Waals surface area contributed by atoms with E-state index in [0.717, 1.165) is 17.4 Å². The van der Waals surface area contributed by atoms with Crippen LogP contribution in [-0.4, -0.2) is 37.6 Å². The molecule has 3 aliphatic rings. The van der Waals surface area contributed by atoms with Crippen molar-refractivity contribution >= 4 is 0 Å². The van der Waals surface area contributed by atoms with E-state index >= 15 is 0 Å². The first kappa shape index (κ1) is 10.1. The third-order valence-corrected chi connectivity index (χ3v) is 4.70.